The molecule has 21 heavy (non-hydrogen) atoms. The lowest BCUT2D eigenvalue weighted by Crippen LogP contribution is -2.02. The topological polar surface area (TPSA) is 78.0 Å². The molecule has 2 rings (SSSR count). The first-order chi connectivity index (χ1) is 10.0. The number of nitrogens with zero attached hydrogens (tertiary/aromatic N) is 3. The number of para-hydroxylation sites is 1. The second-order valence-electron chi connectivity index (χ2n) is 4.17. The third-order valence-corrected chi connectivity index (χ3v) is 3.50. The molecule has 0 radical (unpaired) electrons. The highest BCUT2D eigenvalue weighted by Gasteiger charge is 2.17. The van der Waals surface area contributed by atoms with Gasteiger partial charge in [-0.25, -0.2) is 0 Å². The van der Waals surface area contributed by atoms with Gasteiger partial charge < -0.3 is 0 Å². The van der Waals surface area contributed by atoms with Crippen LogP contribution in [0.25, 0.3) is 6.08 Å². The van der Waals surface area contributed by atoms with Gasteiger partial charge in [-0.3, -0.25) is 19.6 Å². The van der Waals surface area contributed by atoms with Crippen molar-refractivity contribution in [2.24, 2.45) is 0 Å². The summed E-state index contributed by atoms with van der Waals surface area (Å²) >= 11 is 3.35. The van der Waals surface area contributed by atoms with Gasteiger partial charge in [-0.2, -0.15) is 5.10 Å². The molecule has 0 bridgehead atoms. The van der Waals surface area contributed by atoms with Gasteiger partial charge >= 0.3 is 0 Å². The number of rotatable bonds is 5. The number of halogens is 1. The van der Waals surface area contributed by atoms with Crippen molar-refractivity contribution in [2.45, 2.75) is 13.5 Å². The zero-order valence-corrected chi connectivity index (χ0v) is 12.8. The van der Waals surface area contributed by atoms with Crippen LogP contribution in [0.15, 0.2) is 41.0 Å². The van der Waals surface area contributed by atoms with E-state index in [0.717, 1.165) is 10.2 Å². The molecule has 0 aliphatic rings. The zero-order valence-electron chi connectivity index (χ0n) is 11.2. The minimum absolute atomic E-state index is 0.0671. The molecule has 1 aromatic carbocycles. The molecule has 0 spiro atoms. The Hall–Kier alpha value is -2.28. The Morgan fingerprint density at radius 3 is 2.86 bits per heavy atom. The molecule has 0 N–H and O–H groups in total. The van der Waals surface area contributed by atoms with Crippen LogP contribution in [0.3, 0.4) is 0 Å². The number of aryl methyl sites for hydroxylation is 1. The molecule has 0 saturated heterocycles. The van der Waals surface area contributed by atoms with Crippen LogP contribution < -0.4 is 0 Å². The third-order valence-electron chi connectivity index (χ3n) is 2.89. The summed E-state index contributed by atoms with van der Waals surface area (Å²) < 4.78 is 2.48. The van der Waals surface area contributed by atoms with Gasteiger partial charge in [-0.1, -0.05) is 12.1 Å². The molecule has 108 valence electrons. The molecule has 0 aliphatic heterocycles. The van der Waals surface area contributed by atoms with E-state index in [0.29, 0.717) is 6.54 Å². The molecule has 0 atom stereocenters. The van der Waals surface area contributed by atoms with E-state index in [1.54, 1.807) is 23.0 Å². The molecule has 6 nitrogen and oxygen atoms in total. The molecule has 1 aromatic heterocycles. The summed E-state index contributed by atoms with van der Waals surface area (Å²) in [5, 5.41) is 15.1. The van der Waals surface area contributed by atoms with Crippen LogP contribution in [-0.2, 0) is 6.54 Å². The number of allylic oxidation sites excluding steroid dienone is 1. The van der Waals surface area contributed by atoms with Crippen molar-refractivity contribution in [3.05, 3.63) is 62.4 Å². The number of carbonyl (C=O) groups excluding carboxylic acids is 1. The highest BCUT2D eigenvalue weighted by molar-refractivity contribution is 9.10. The number of ketones is 1. The van der Waals surface area contributed by atoms with Crippen LogP contribution in [0.1, 0.15) is 23.0 Å². The first kappa shape index (κ1) is 15.1. The summed E-state index contributed by atoms with van der Waals surface area (Å²) in [5.41, 5.74) is 0.608. The molecule has 0 aliphatic carbocycles. The van der Waals surface area contributed by atoms with Gasteiger partial charge in [0.15, 0.2) is 5.78 Å². The Bertz CT molecular complexity index is 722. The molecule has 0 unspecified atom stereocenters. The Labute approximate surface area is 129 Å². The summed E-state index contributed by atoms with van der Waals surface area (Å²) in [5.74, 6) is -0.418. The van der Waals surface area contributed by atoms with Crippen LogP contribution >= 0.6 is 15.9 Å². The first-order valence-electron chi connectivity index (χ1n) is 6.21. The predicted molar refractivity (Wildman–Crippen MR) is 82.1 cm³/mol. The number of aromatic nitrogens is 2. The predicted octanol–water partition coefficient (Wildman–Crippen LogP) is 3.47. The minimum atomic E-state index is -0.562. The molecule has 7 heteroatoms. The summed E-state index contributed by atoms with van der Waals surface area (Å²) in [4.78, 5) is 22.5. The monoisotopic (exact) mass is 349 g/mol. The fraction of sp³-hybridized carbons (Fsp3) is 0.143. The second-order valence-corrected chi connectivity index (χ2v) is 5.02. The van der Waals surface area contributed by atoms with Crippen LogP contribution in [0, 0.1) is 10.1 Å². The SMILES string of the molecule is CCn1ncc(Br)c1/C=C/C(=O)c1ccccc1[N+](=O)[O-]. The van der Waals surface area contributed by atoms with E-state index in [9.17, 15) is 14.9 Å². The third kappa shape index (κ3) is 3.25. The average molecular weight is 350 g/mol. The van der Waals surface area contributed by atoms with E-state index in [1.807, 2.05) is 6.92 Å². The van der Waals surface area contributed by atoms with Gasteiger partial charge in [-0.05, 0) is 41.1 Å². The fourth-order valence-corrected chi connectivity index (χ4v) is 2.30. The van der Waals surface area contributed by atoms with Crippen molar-refractivity contribution in [3.63, 3.8) is 0 Å². The number of hydrogen-bond acceptors (Lipinski definition) is 4. The smallest absolute Gasteiger partial charge is 0.280 e. The van der Waals surface area contributed by atoms with Crippen LogP contribution in [-0.4, -0.2) is 20.5 Å². The van der Waals surface area contributed by atoms with Crippen molar-refractivity contribution in [1.82, 2.24) is 9.78 Å². The van der Waals surface area contributed by atoms with Crippen molar-refractivity contribution in [1.29, 1.82) is 0 Å². The summed E-state index contributed by atoms with van der Waals surface area (Å²) in [7, 11) is 0. The van der Waals surface area contributed by atoms with Crippen molar-refractivity contribution in [3.8, 4) is 0 Å². The Morgan fingerprint density at radius 1 is 1.48 bits per heavy atom. The second kappa shape index (κ2) is 6.45. The van der Waals surface area contributed by atoms with Gasteiger partial charge in [0.1, 0.15) is 0 Å². The minimum Gasteiger partial charge on any atom is -0.289 e. The maximum Gasteiger partial charge on any atom is 0.280 e. The van der Waals surface area contributed by atoms with Crippen molar-refractivity contribution >= 4 is 33.5 Å². The lowest BCUT2D eigenvalue weighted by molar-refractivity contribution is -0.385. The number of nitro groups is 1. The normalized spacial score (nSPS) is 11.0. The van der Waals surface area contributed by atoms with Crippen molar-refractivity contribution < 1.29 is 9.72 Å². The van der Waals surface area contributed by atoms with Gasteiger partial charge in [0, 0.05) is 12.6 Å². The quantitative estimate of drug-likeness (QED) is 0.358. The van der Waals surface area contributed by atoms with E-state index in [4.69, 9.17) is 0 Å². The van der Waals surface area contributed by atoms with Gasteiger partial charge in [0.05, 0.1) is 26.9 Å². The van der Waals surface area contributed by atoms with Gasteiger partial charge in [0.2, 0.25) is 0 Å². The van der Waals surface area contributed by atoms with E-state index in [2.05, 4.69) is 21.0 Å². The van der Waals surface area contributed by atoms with E-state index in [1.165, 1.54) is 24.3 Å². The maximum atomic E-state index is 12.1. The standard InChI is InChI=1S/C14H12BrN3O3/c1-2-17-13(11(15)9-16-17)7-8-14(19)10-5-3-4-6-12(10)18(20)21/h3-9H,2H2,1H3/b8-7+. The Kier molecular flexibility index (Phi) is 4.64. The first-order valence-corrected chi connectivity index (χ1v) is 7.01. The average Bonchev–Trinajstić information content (AvgIpc) is 2.85. The molecule has 0 fully saturated rings. The largest absolute Gasteiger partial charge is 0.289 e. The molecular weight excluding hydrogens is 338 g/mol. The van der Waals surface area contributed by atoms with Gasteiger partial charge in [-0.15, -0.1) is 0 Å². The van der Waals surface area contributed by atoms with Crippen LogP contribution in [0.4, 0.5) is 5.69 Å². The fourth-order valence-electron chi connectivity index (χ4n) is 1.88. The summed E-state index contributed by atoms with van der Waals surface area (Å²) in [6.07, 6.45) is 4.55. The molecule has 0 saturated carbocycles. The van der Waals surface area contributed by atoms with E-state index in [-0.39, 0.29) is 11.3 Å². The van der Waals surface area contributed by atoms with E-state index >= 15 is 0 Å². The highest BCUT2D eigenvalue weighted by Crippen LogP contribution is 2.21. The number of hydrogen-bond donors (Lipinski definition) is 0. The zero-order chi connectivity index (χ0) is 15.4. The Morgan fingerprint density at radius 2 is 2.19 bits per heavy atom. The number of nitro benzene ring substituents is 1. The number of benzene rings is 1. The van der Waals surface area contributed by atoms with Gasteiger partial charge in [0.25, 0.3) is 5.69 Å². The lowest BCUT2D eigenvalue weighted by Gasteiger charge is -2.00. The van der Waals surface area contributed by atoms with E-state index < -0.39 is 10.7 Å². The van der Waals surface area contributed by atoms with Crippen LogP contribution in [0.2, 0.25) is 0 Å². The Balaban J connectivity index is 2.32. The molecule has 2 aromatic rings. The highest BCUT2D eigenvalue weighted by atomic mass is 79.9. The summed E-state index contributed by atoms with van der Waals surface area (Å²) in [6, 6.07) is 5.88. The molecule has 0 amide bonds. The molecular formula is C14H12BrN3O3. The number of carbonyl (C=O) groups is 1. The van der Waals surface area contributed by atoms with Crippen molar-refractivity contribution in [2.75, 3.05) is 0 Å². The van der Waals surface area contributed by atoms with Crippen LogP contribution in [0.5, 0.6) is 0 Å². The lowest BCUT2D eigenvalue weighted by atomic mass is 10.1. The summed E-state index contributed by atoms with van der Waals surface area (Å²) in [6.45, 7) is 2.59. The maximum absolute atomic E-state index is 12.1. The molecule has 1 heterocycles.